The fourth-order valence-corrected chi connectivity index (χ4v) is 4.24. The molecule has 0 bridgehead atoms. The number of nitrogens with one attached hydrogen (secondary N) is 1. The second kappa shape index (κ2) is 10.0. The molecule has 1 aliphatic rings. The topological polar surface area (TPSA) is 118 Å². The molecule has 34 heavy (non-hydrogen) atoms. The lowest BCUT2D eigenvalue weighted by atomic mass is 9.98. The molecular formula is C26H26N2O6. The van der Waals surface area contributed by atoms with Crippen molar-refractivity contribution < 1.29 is 29.3 Å². The number of nitrogens with zero attached hydrogens (tertiary/aromatic N) is 1. The summed E-state index contributed by atoms with van der Waals surface area (Å²) >= 11 is 0. The summed E-state index contributed by atoms with van der Waals surface area (Å²) in [5, 5.41) is 23.3. The molecule has 176 valence electrons. The van der Waals surface area contributed by atoms with Crippen molar-refractivity contribution in [3.05, 3.63) is 88.7 Å². The minimum Gasteiger partial charge on any atom is -0.464 e. The van der Waals surface area contributed by atoms with Crippen molar-refractivity contribution in [2.24, 2.45) is 0 Å². The molecule has 0 radical (unpaired) electrons. The molecule has 0 aliphatic heterocycles. The monoisotopic (exact) mass is 462 g/mol. The van der Waals surface area contributed by atoms with Crippen molar-refractivity contribution in [2.75, 3.05) is 20.3 Å². The van der Waals surface area contributed by atoms with Crippen LogP contribution in [-0.2, 0) is 9.47 Å². The van der Waals surface area contributed by atoms with E-state index < -0.39 is 24.3 Å². The molecule has 3 aromatic rings. The normalized spacial score (nSPS) is 14.0. The first kappa shape index (κ1) is 23.4. The lowest BCUT2D eigenvalue weighted by molar-refractivity contribution is 0.0183. The zero-order valence-corrected chi connectivity index (χ0v) is 18.9. The Morgan fingerprint density at radius 2 is 1.68 bits per heavy atom. The number of amides is 1. The molecule has 2 aromatic carbocycles. The Morgan fingerprint density at radius 3 is 2.26 bits per heavy atom. The van der Waals surface area contributed by atoms with Crippen molar-refractivity contribution in [1.29, 1.82) is 0 Å². The van der Waals surface area contributed by atoms with Gasteiger partial charge in [-0.3, -0.25) is 0 Å². The second-order valence-corrected chi connectivity index (χ2v) is 8.14. The fourth-order valence-electron chi connectivity index (χ4n) is 4.24. The number of aliphatic hydroxyl groups excluding tert-OH is 2. The number of hydrogen-bond acceptors (Lipinski definition) is 7. The van der Waals surface area contributed by atoms with E-state index in [1.165, 1.54) is 13.3 Å². The van der Waals surface area contributed by atoms with E-state index in [1.807, 2.05) is 36.4 Å². The van der Waals surface area contributed by atoms with Gasteiger partial charge in [0.25, 0.3) is 0 Å². The van der Waals surface area contributed by atoms with E-state index in [2.05, 4.69) is 27.2 Å². The van der Waals surface area contributed by atoms with Crippen LogP contribution in [0.1, 0.15) is 44.8 Å². The van der Waals surface area contributed by atoms with Gasteiger partial charge in [0, 0.05) is 24.2 Å². The van der Waals surface area contributed by atoms with E-state index in [-0.39, 0.29) is 24.8 Å². The predicted octanol–water partition coefficient (Wildman–Crippen LogP) is 3.11. The van der Waals surface area contributed by atoms with Crippen LogP contribution in [0.3, 0.4) is 0 Å². The number of fused-ring (bicyclic) bond motifs is 3. The third-order valence-electron chi connectivity index (χ3n) is 5.98. The number of alkyl carbamates (subject to hydrolysis) is 1. The Morgan fingerprint density at radius 1 is 1.06 bits per heavy atom. The third-order valence-corrected chi connectivity index (χ3v) is 5.98. The van der Waals surface area contributed by atoms with E-state index in [0.29, 0.717) is 11.1 Å². The molecule has 3 N–H and O–H groups in total. The number of rotatable bonds is 7. The molecule has 0 saturated carbocycles. The van der Waals surface area contributed by atoms with Crippen molar-refractivity contribution in [3.63, 3.8) is 0 Å². The summed E-state index contributed by atoms with van der Waals surface area (Å²) in [5.74, 6) is -0.660. The fraction of sp³-hybridized carbons (Fsp3) is 0.269. The average molecular weight is 463 g/mol. The molecule has 0 spiro atoms. The number of carbonyl (C=O) groups excluding carboxylic acids is 2. The highest BCUT2D eigenvalue weighted by atomic mass is 16.5. The largest absolute Gasteiger partial charge is 0.464 e. The van der Waals surface area contributed by atoms with Crippen molar-refractivity contribution in [1.82, 2.24) is 10.3 Å². The van der Waals surface area contributed by atoms with Gasteiger partial charge in [0.05, 0.1) is 7.11 Å². The van der Waals surface area contributed by atoms with E-state index in [9.17, 15) is 19.8 Å². The van der Waals surface area contributed by atoms with Gasteiger partial charge in [-0.25, -0.2) is 14.6 Å². The first-order valence-corrected chi connectivity index (χ1v) is 10.9. The zero-order valence-electron chi connectivity index (χ0n) is 18.9. The molecule has 8 heteroatoms. The van der Waals surface area contributed by atoms with Gasteiger partial charge in [-0.15, -0.1) is 0 Å². The average Bonchev–Trinajstić information content (AvgIpc) is 3.18. The van der Waals surface area contributed by atoms with Gasteiger partial charge in [-0.1, -0.05) is 48.5 Å². The van der Waals surface area contributed by atoms with Gasteiger partial charge >= 0.3 is 12.1 Å². The van der Waals surface area contributed by atoms with Crippen LogP contribution in [0.15, 0.2) is 60.8 Å². The molecular weight excluding hydrogens is 436 g/mol. The predicted molar refractivity (Wildman–Crippen MR) is 124 cm³/mol. The highest BCUT2D eigenvalue weighted by molar-refractivity contribution is 5.88. The number of ether oxygens (including phenoxy) is 2. The Hall–Kier alpha value is -3.75. The maximum absolute atomic E-state index is 12.3. The number of aromatic nitrogens is 1. The van der Waals surface area contributed by atoms with Crippen LogP contribution in [-0.4, -0.2) is 53.6 Å². The zero-order chi connectivity index (χ0) is 24.2. The number of aryl methyl sites for hydroxylation is 1. The van der Waals surface area contributed by atoms with Gasteiger partial charge in [-0.2, -0.15) is 0 Å². The summed E-state index contributed by atoms with van der Waals surface area (Å²) in [6.45, 7) is 1.57. The first-order chi connectivity index (χ1) is 16.4. The number of methoxy groups -OCH3 is 1. The van der Waals surface area contributed by atoms with Crippen molar-refractivity contribution in [2.45, 2.75) is 25.0 Å². The van der Waals surface area contributed by atoms with Crippen LogP contribution in [0.4, 0.5) is 4.79 Å². The number of benzene rings is 2. The molecule has 8 nitrogen and oxygen atoms in total. The highest BCUT2D eigenvalue weighted by Crippen LogP contribution is 2.44. The lowest BCUT2D eigenvalue weighted by Gasteiger charge is -2.20. The van der Waals surface area contributed by atoms with Gasteiger partial charge < -0.3 is 25.0 Å². The minimum absolute atomic E-state index is 0.0731. The standard InChI is InChI=1S/C26H26N2O6/c1-15-11-16(12-27-23(15)25(31)33-2)24(30)22(29)13-28-26(32)34-14-21-19-9-5-3-7-17(19)18-8-4-6-10-20(18)21/h3-12,21-22,24,29-30H,13-14H2,1-2H3,(H,28,32). The lowest BCUT2D eigenvalue weighted by Crippen LogP contribution is -2.36. The minimum atomic E-state index is -1.31. The maximum Gasteiger partial charge on any atom is 0.407 e. The van der Waals surface area contributed by atoms with Crippen LogP contribution < -0.4 is 5.32 Å². The smallest absolute Gasteiger partial charge is 0.407 e. The molecule has 1 amide bonds. The van der Waals surface area contributed by atoms with Crippen LogP contribution >= 0.6 is 0 Å². The van der Waals surface area contributed by atoms with E-state index >= 15 is 0 Å². The SMILES string of the molecule is COC(=O)c1ncc(C(O)C(O)CNC(=O)OCC2c3ccccc3-c3ccccc32)cc1C. The summed E-state index contributed by atoms with van der Waals surface area (Å²) in [7, 11) is 1.25. The van der Waals surface area contributed by atoms with Gasteiger partial charge in [0.15, 0.2) is 5.69 Å². The Labute approximate surface area is 197 Å². The molecule has 1 aromatic heterocycles. The molecule has 2 atom stereocenters. The summed E-state index contributed by atoms with van der Waals surface area (Å²) in [6, 6.07) is 17.6. The molecule has 2 unspecified atom stereocenters. The number of carbonyl (C=O) groups is 2. The van der Waals surface area contributed by atoms with Crippen molar-refractivity contribution in [3.8, 4) is 11.1 Å². The quantitative estimate of drug-likeness (QED) is 0.462. The summed E-state index contributed by atoms with van der Waals surface area (Å²) < 4.78 is 10.1. The Bertz CT molecular complexity index is 1170. The summed E-state index contributed by atoms with van der Waals surface area (Å²) in [4.78, 5) is 28.0. The Kier molecular flexibility index (Phi) is 6.90. The number of esters is 1. The van der Waals surface area contributed by atoms with E-state index in [1.54, 1.807) is 13.0 Å². The molecule has 4 rings (SSSR count). The van der Waals surface area contributed by atoms with Crippen LogP contribution in [0.5, 0.6) is 0 Å². The van der Waals surface area contributed by atoms with Gasteiger partial charge in [0.1, 0.15) is 18.8 Å². The number of pyridine rings is 1. The molecule has 1 aliphatic carbocycles. The maximum atomic E-state index is 12.3. The van der Waals surface area contributed by atoms with Gasteiger partial charge in [-0.05, 0) is 40.8 Å². The second-order valence-electron chi connectivity index (χ2n) is 8.14. The third kappa shape index (κ3) is 4.64. The first-order valence-electron chi connectivity index (χ1n) is 10.9. The van der Waals surface area contributed by atoms with E-state index in [0.717, 1.165) is 22.3 Å². The van der Waals surface area contributed by atoms with Crippen molar-refractivity contribution >= 4 is 12.1 Å². The summed E-state index contributed by atoms with van der Waals surface area (Å²) in [6.07, 6.45) is -2.01. The van der Waals surface area contributed by atoms with Crippen LogP contribution in [0.25, 0.3) is 11.1 Å². The van der Waals surface area contributed by atoms with Crippen LogP contribution in [0, 0.1) is 6.92 Å². The highest BCUT2D eigenvalue weighted by Gasteiger charge is 2.29. The summed E-state index contributed by atoms with van der Waals surface area (Å²) in [5.41, 5.74) is 5.41. The molecule has 1 heterocycles. The molecule has 0 saturated heterocycles. The van der Waals surface area contributed by atoms with Crippen LogP contribution in [0.2, 0.25) is 0 Å². The Balaban J connectivity index is 1.33. The molecule has 0 fully saturated rings. The van der Waals surface area contributed by atoms with Gasteiger partial charge in [0.2, 0.25) is 0 Å². The number of hydrogen-bond donors (Lipinski definition) is 3. The number of aliphatic hydroxyl groups is 2. The van der Waals surface area contributed by atoms with E-state index in [4.69, 9.17) is 4.74 Å².